The minimum atomic E-state index is 0.0197. The van der Waals surface area contributed by atoms with Crippen LogP contribution in [0.5, 0.6) is 11.5 Å². The summed E-state index contributed by atoms with van der Waals surface area (Å²) in [4.78, 5) is 5.04. The number of tetrazole rings is 1. The van der Waals surface area contributed by atoms with Crippen LogP contribution in [-0.2, 0) is 6.54 Å². The molecule has 35 heavy (non-hydrogen) atoms. The van der Waals surface area contributed by atoms with E-state index in [-0.39, 0.29) is 6.04 Å². The molecular weight excluding hydrogens is 440 g/mol. The largest absolute Gasteiger partial charge is 0.497 e. The van der Waals surface area contributed by atoms with Gasteiger partial charge in [0.15, 0.2) is 5.82 Å². The molecule has 2 aliphatic rings. The minimum Gasteiger partial charge on any atom is -0.497 e. The topological polar surface area (TPSA) is 68.5 Å². The first kappa shape index (κ1) is 23.8. The van der Waals surface area contributed by atoms with E-state index in [4.69, 9.17) is 9.47 Å². The Hall–Kier alpha value is -2.97. The number of para-hydroxylation sites is 1. The van der Waals surface area contributed by atoms with Crippen molar-refractivity contribution >= 4 is 0 Å². The maximum absolute atomic E-state index is 5.57. The van der Waals surface area contributed by atoms with Crippen LogP contribution >= 0.6 is 0 Å². The lowest BCUT2D eigenvalue weighted by atomic mass is 9.95. The molecule has 2 heterocycles. The Kier molecular flexibility index (Phi) is 7.59. The number of rotatable bonds is 8. The van der Waals surface area contributed by atoms with Crippen molar-refractivity contribution in [1.82, 2.24) is 30.0 Å². The molecule has 0 spiro atoms. The van der Waals surface area contributed by atoms with E-state index in [1.807, 2.05) is 24.3 Å². The Labute approximate surface area is 207 Å². The van der Waals surface area contributed by atoms with E-state index in [0.717, 1.165) is 62.9 Å². The van der Waals surface area contributed by atoms with E-state index < -0.39 is 0 Å². The summed E-state index contributed by atoms with van der Waals surface area (Å²) in [5, 5.41) is 13.2. The maximum Gasteiger partial charge on any atom is 0.173 e. The third kappa shape index (κ3) is 5.33. The Morgan fingerprint density at radius 2 is 1.63 bits per heavy atom. The maximum atomic E-state index is 5.57. The van der Waals surface area contributed by atoms with E-state index in [1.54, 1.807) is 14.2 Å². The zero-order chi connectivity index (χ0) is 24.0. The van der Waals surface area contributed by atoms with Gasteiger partial charge in [0, 0.05) is 38.3 Å². The lowest BCUT2D eigenvalue weighted by Gasteiger charge is -2.39. The SMILES string of the molecule is COc1ccc([C@H](c2nnnn2C2CCCCC2)N2CCN(Cc3ccccc3OC)CC2)cc1. The van der Waals surface area contributed by atoms with Gasteiger partial charge in [-0.1, -0.05) is 49.6 Å². The molecule has 5 rings (SSSR count). The molecule has 1 aliphatic carbocycles. The van der Waals surface area contributed by atoms with Gasteiger partial charge < -0.3 is 9.47 Å². The fourth-order valence-electron chi connectivity index (χ4n) is 5.53. The molecule has 3 aromatic rings. The second-order valence-corrected chi connectivity index (χ2v) is 9.57. The van der Waals surface area contributed by atoms with Crippen molar-refractivity contribution in [2.75, 3.05) is 40.4 Å². The van der Waals surface area contributed by atoms with Crippen LogP contribution in [0.3, 0.4) is 0 Å². The number of benzene rings is 2. The van der Waals surface area contributed by atoms with Crippen LogP contribution in [0.15, 0.2) is 48.5 Å². The predicted octanol–water partition coefficient (Wildman–Crippen LogP) is 4.10. The molecule has 2 aromatic carbocycles. The lowest BCUT2D eigenvalue weighted by molar-refractivity contribution is 0.0981. The van der Waals surface area contributed by atoms with Gasteiger partial charge in [0.1, 0.15) is 11.5 Å². The summed E-state index contributed by atoms with van der Waals surface area (Å²) in [5.74, 6) is 2.78. The molecule has 1 saturated carbocycles. The molecule has 0 amide bonds. The van der Waals surface area contributed by atoms with E-state index in [0.29, 0.717) is 6.04 Å². The Bertz CT molecular complexity index is 1070. The molecule has 1 saturated heterocycles. The third-order valence-electron chi connectivity index (χ3n) is 7.47. The minimum absolute atomic E-state index is 0.0197. The molecule has 1 atom stereocenters. The molecule has 2 fully saturated rings. The van der Waals surface area contributed by atoms with E-state index >= 15 is 0 Å². The highest BCUT2D eigenvalue weighted by molar-refractivity contribution is 5.34. The second-order valence-electron chi connectivity index (χ2n) is 9.57. The van der Waals surface area contributed by atoms with Crippen molar-refractivity contribution in [3.63, 3.8) is 0 Å². The average molecular weight is 477 g/mol. The highest BCUT2D eigenvalue weighted by Crippen LogP contribution is 2.34. The third-order valence-corrected chi connectivity index (χ3v) is 7.47. The Balaban J connectivity index is 1.37. The number of aromatic nitrogens is 4. The summed E-state index contributed by atoms with van der Waals surface area (Å²) in [6.45, 7) is 4.75. The molecule has 8 nitrogen and oxygen atoms in total. The van der Waals surface area contributed by atoms with Crippen molar-refractivity contribution in [3.05, 3.63) is 65.5 Å². The molecule has 0 radical (unpaired) electrons. The summed E-state index contributed by atoms with van der Waals surface area (Å²) in [5.41, 5.74) is 2.44. The van der Waals surface area contributed by atoms with Crippen molar-refractivity contribution in [2.24, 2.45) is 0 Å². The van der Waals surface area contributed by atoms with Crippen LogP contribution in [0.1, 0.15) is 61.1 Å². The second kappa shape index (κ2) is 11.2. The standard InChI is InChI=1S/C27H36N6O2/c1-34-24-14-12-21(13-15-24)26(27-28-29-30-33(27)23-9-4-3-5-10-23)32-18-16-31(17-19-32)20-22-8-6-7-11-25(22)35-2/h6-8,11-15,23,26H,3-5,9-10,16-20H2,1-2H3/t26-/m1/s1. The summed E-state index contributed by atoms with van der Waals surface area (Å²) < 4.78 is 13.1. The van der Waals surface area contributed by atoms with Gasteiger partial charge in [-0.3, -0.25) is 9.80 Å². The average Bonchev–Trinajstić information content (AvgIpc) is 3.40. The number of methoxy groups -OCH3 is 2. The number of ether oxygens (including phenoxy) is 2. The summed E-state index contributed by atoms with van der Waals surface area (Å²) in [7, 11) is 3.45. The molecule has 186 valence electrons. The van der Waals surface area contributed by atoms with E-state index in [2.05, 4.69) is 54.3 Å². The van der Waals surface area contributed by atoms with Crippen molar-refractivity contribution in [2.45, 2.75) is 50.7 Å². The van der Waals surface area contributed by atoms with Crippen LogP contribution in [0.2, 0.25) is 0 Å². The van der Waals surface area contributed by atoms with Gasteiger partial charge in [0.25, 0.3) is 0 Å². The van der Waals surface area contributed by atoms with Crippen LogP contribution in [0.25, 0.3) is 0 Å². The Morgan fingerprint density at radius 1 is 0.886 bits per heavy atom. The molecule has 0 N–H and O–H groups in total. The molecule has 0 unspecified atom stereocenters. The van der Waals surface area contributed by atoms with Gasteiger partial charge in [-0.25, -0.2) is 4.68 Å². The molecular formula is C27H36N6O2. The fourth-order valence-corrected chi connectivity index (χ4v) is 5.53. The summed E-state index contributed by atoms with van der Waals surface area (Å²) >= 11 is 0. The number of nitrogens with zero attached hydrogens (tertiary/aromatic N) is 6. The van der Waals surface area contributed by atoms with Crippen LogP contribution in [0.4, 0.5) is 0 Å². The Morgan fingerprint density at radius 3 is 2.34 bits per heavy atom. The van der Waals surface area contributed by atoms with Crippen LogP contribution in [-0.4, -0.2) is 70.4 Å². The van der Waals surface area contributed by atoms with Crippen molar-refractivity contribution < 1.29 is 9.47 Å². The van der Waals surface area contributed by atoms with Gasteiger partial charge in [-0.05, 0) is 47.0 Å². The van der Waals surface area contributed by atoms with Gasteiger partial charge >= 0.3 is 0 Å². The van der Waals surface area contributed by atoms with Gasteiger partial charge in [-0.2, -0.15) is 0 Å². The lowest BCUT2D eigenvalue weighted by Crippen LogP contribution is -2.48. The van der Waals surface area contributed by atoms with Crippen LogP contribution < -0.4 is 9.47 Å². The summed E-state index contributed by atoms with van der Waals surface area (Å²) in [6, 6.07) is 17.1. The zero-order valence-corrected chi connectivity index (χ0v) is 20.8. The number of hydrogen-bond acceptors (Lipinski definition) is 7. The molecule has 0 bridgehead atoms. The van der Waals surface area contributed by atoms with Gasteiger partial charge in [0.05, 0.1) is 26.3 Å². The highest BCUT2D eigenvalue weighted by atomic mass is 16.5. The van der Waals surface area contributed by atoms with E-state index in [1.165, 1.54) is 30.4 Å². The monoisotopic (exact) mass is 476 g/mol. The van der Waals surface area contributed by atoms with E-state index in [9.17, 15) is 0 Å². The summed E-state index contributed by atoms with van der Waals surface area (Å²) in [6.07, 6.45) is 6.11. The first-order valence-electron chi connectivity index (χ1n) is 12.8. The van der Waals surface area contributed by atoms with Crippen molar-refractivity contribution in [3.8, 4) is 11.5 Å². The number of hydrogen-bond donors (Lipinski definition) is 0. The predicted molar refractivity (Wildman–Crippen MR) is 135 cm³/mol. The molecule has 1 aliphatic heterocycles. The first-order chi connectivity index (χ1) is 17.3. The first-order valence-corrected chi connectivity index (χ1v) is 12.8. The molecule has 1 aromatic heterocycles. The highest BCUT2D eigenvalue weighted by Gasteiger charge is 2.32. The van der Waals surface area contributed by atoms with Gasteiger partial charge in [-0.15, -0.1) is 5.10 Å². The smallest absolute Gasteiger partial charge is 0.173 e. The zero-order valence-electron chi connectivity index (χ0n) is 20.8. The quantitative estimate of drug-likeness (QED) is 0.485. The van der Waals surface area contributed by atoms with Gasteiger partial charge in [0.2, 0.25) is 0 Å². The normalized spacial score (nSPS) is 18.9. The van der Waals surface area contributed by atoms with Crippen LogP contribution in [0, 0.1) is 0 Å². The molecule has 8 heteroatoms. The van der Waals surface area contributed by atoms with Crippen molar-refractivity contribution in [1.29, 1.82) is 0 Å². The fraction of sp³-hybridized carbons (Fsp3) is 0.519. The number of piperazine rings is 1.